The average Bonchev–Trinajstić information content (AvgIpc) is 3.21. The van der Waals surface area contributed by atoms with Crippen LogP contribution < -0.4 is 5.32 Å². The predicted octanol–water partition coefficient (Wildman–Crippen LogP) is 7.73. The zero-order valence-electron chi connectivity index (χ0n) is 29.5. The third-order valence-corrected chi connectivity index (χ3v) is 13.0. The summed E-state index contributed by atoms with van der Waals surface area (Å²) in [5.41, 5.74) is 1.84. The Hall–Kier alpha value is -2.38. The number of hydrogen-bond donors (Lipinski definition) is 2. The third-order valence-electron chi connectivity index (χ3n) is 13.0. The summed E-state index contributed by atoms with van der Waals surface area (Å²) in [6, 6.07) is 0. The van der Waals surface area contributed by atoms with E-state index in [2.05, 4.69) is 67.6 Å². The molecule has 0 aromatic rings. The quantitative estimate of drug-likeness (QED) is 0.241. The summed E-state index contributed by atoms with van der Waals surface area (Å²) in [7, 11) is 1.41. The van der Waals surface area contributed by atoms with Crippen molar-refractivity contribution in [3.05, 3.63) is 11.1 Å². The van der Waals surface area contributed by atoms with E-state index < -0.39 is 11.6 Å². The van der Waals surface area contributed by atoms with Crippen molar-refractivity contribution in [3.63, 3.8) is 0 Å². The van der Waals surface area contributed by atoms with Crippen LogP contribution in [0, 0.1) is 51.2 Å². The highest BCUT2D eigenvalue weighted by Crippen LogP contribution is 2.72. The van der Waals surface area contributed by atoms with Gasteiger partial charge in [-0.05, 0) is 108 Å². The fourth-order valence-corrected chi connectivity index (χ4v) is 11.5. The van der Waals surface area contributed by atoms with Gasteiger partial charge in [0.1, 0.15) is 6.10 Å². The van der Waals surface area contributed by atoms with Gasteiger partial charge in [-0.15, -0.1) is 0 Å². The number of ketones is 1. The minimum Gasteiger partial charge on any atom is -0.483 e. The number of fused-ring (bicyclic) bond motifs is 7. The minimum absolute atomic E-state index is 0.0333. The number of carbonyl (C=O) groups is 4. The van der Waals surface area contributed by atoms with Crippen LogP contribution in [0.25, 0.3) is 0 Å². The number of ether oxygens (including phenoxy) is 2. The van der Waals surface area contributed by atoms with Gasteiger partial charge < -0.3 is 19.9 Å². The number of nitrogens with one attached hydrogen (secondary N) is 1. The summed E-state index contributed by atoms with van der Waals surface area (Å²) in [6.45, 7) is 20.1. The summed E-state index contributed by atoms with van der Waals surface area (Å²) in [6.07, 6.45) is 8.75. The van der Waals surface area contributed by atoms with Crippen LogP contribution in [-0.4, -0.2) is 48.2 Å². The molecule has 0 radical (unpaired) electrons. The van der Waals surface area contributed by atoms with Crippen molar-refractivity contribution in [1.82, 2.24) is 5.32 Å². The maximum atomic E-state index is 13.5. The van der Waals surface area contributed by atoms with Gasteiger partial charge >= 0.3 is 12.1 Å². The molecule has 8 heteroatoms. The first kappa shape index (κ1) is 35.5. The van der Waals surface area contributed by atoms with Crippen molar-refractivity contribution in [2.75, 3.05) is 7.11 Å². The number of carbonyl (C=O) groups excluding carboxylic acids is 3. The number of methoxy groups -OCH3 is 1. The Balaban J connectivity index is 0.00000148. The van der Waals surface area contributed by atoms with Crippen LogP contribution >= 0.6 is 0 Å². The van der Waals surface area contributed by atoms with E-state index in [4.69, 9.17) is 19.4 Å². The van der Waals surface area contributed by atoms with Crippen molar-refractivity contribution in [2.24, 2.45) is 51.2 Å². The smallest absolute Gasteiger partial charge is 0.407 e. The first-order chi connectivity index (χ1) is 20.8. The number of amides is 1. The molecule has 5 rings (SSSR count). The molecule has 0 aromatic heterocycles. The number of carboxylic acid groups (broad SMARTS) is 1. The van der Waals surface area contributed by atoms with Crippen LogP contribution in [0.2, 0.25) is 0 Å². The average molecular weight is 630 g/mol. The maximum Gasteiger partial charge on any atom is 0.407 e. The zero-order valence-corrected chi connectivity index (χ0v) is 29.5. The molecular weight excluding hydrogens is 570 g/mol. The maximum absolute atomic E-state index is 13.5. The molecule has 0 aliphatic heterocycles. The van der Waals surface area contributed by atoms with Crippen molar-refractivity contribution in [2.45, 2.75) is 138 Å². The summed E-state index contributed by atoms with van der Waals surface area (Å²) < 4.78 is 11.3. The van der Waals surface area contributed by atoms with Gasteiger partial charge in [0.25, 0.3) is 6.47 Å². The second-order valence-electron chi connectivity index (χ2n) is 17.4. The SMILES string of the molecule is COC(=O)NC12CCC3C(CCC4C3(C)CCC3C(C)(C)C(OC(=O)CC(C)(C)C)CCC34C)C1=C(C(C)C)C(=O)C2.O=CO. The van der Waals surface area contributed by atoms with E-state index in [9.17, 15) is 14.4 Å². The van der Waals surface area contributed by atoms with Crippen LogP contribution in [0.4, 0.5) is 4.79 Å². The Morgan fingerprint density at radius 2 is 1.60 bits per heavy atom. The Labute approximate surface area is 270 Å². The minimum atomic E-state index is -0.591. The van der Waals surface area contributed by atoms with Crippen LogP contribution in [0.15, 0.2) is 11.1 Å². The Morgan fingerprint density at radius 1 is 0.978 bits per heavy atom. The normalized spacial score (nSPS) is 38.5. The van der Waals surface area contributed by atoms with Gasteiger partial charge in [0.2, 0.25) is 0 Å². The lowest BCUT2D eigenvalue weighted by molar-refractivity contribution is -0.213. The monoisotopic (exact) mass is 629 g/mol. The highest BCUT2D eigenvalue weighted by molar-refractivity contribution is 6.02. The molecular formula is C37H59NO7. The lowest BCUT2D eigenvalue weighted by atomic mass is 9.37. The molecule has 0 heterocycles. The molecule has 1 amide bonds. The fraction of sp³-hybridized carbons (Fsp3) is 0.838. The van der Waals surface area contributed by atoms with E-state index in [-0.39, 0.29) is 51.9 Å². The van der Waals surface area contributed by atoms with Gasteiger partial charge in [-0.1, -0.05) is 62.3 Å². The van der Waals surface area contributed by atoms with Gasteiger partial charge in [-0.2, -0.15) is 0 Å². The van der Waals surface area contributed by atoms with Crippen molar-refractivity contribution in [1.29, 1.82) is 0 Å². The van der Waals surface area contributed by atoms with Crippen LogP contribution in [0.3, 0.4) is 0 Å². The molecule has 45 heavy (non-hydrogen) atoms. The first-order valence-electron chi connectivity index (χ1n) is 17.2. The number of alkyl carbamates (subject to hydrolysis) is 1. The second-order valence-corrected chi connectivity index (χ2v) is 17.4. The van der Waals surface area contributed by atoms with E-state index in [0.29, 0.717) is 36.5 Å². The van der Waals surface area contributed by atoms with E-state index in [1.807, 2.05) is 0 Å². The van der Waals surface area contributed by atoms with Gasteiger partial charge in [-0.25, -0.2) is 4.79 Å². The van der Waals surface area contributed by atoms with Crippen molar-refractivity contribution >= 4 is 24.3 Å². The van der Waals surface area contributed by atoms with Gasteiger partial charge in [0.05, 0.1) is 19.1 Å². The molecule has 8 nitrogen and oxygen atoms in total. The van der Waals surface area contributed by atoms with E-state index >= 15 is 0 Å². The Bertz CT molecular complexity index is 1210. The number of hydrogen-bond acceptors (Lipinski definition) is 6. The number of rotatable bonds is 4. The number of allylic oxidation sites excluding steroid dienone is 1. The first-order valence-corrected chi connectivity index (χ1v) is 17.2. The van der Waals surface area contributed by atoms with Crippen LogP contribution in [0.5, 0.6) is 0 Å². The summed E-state index contributed by atoms with van der Waals surface area (Å²) in [5.74, 6) is 2.21. The Kier molecular flexibility index (Phi) is 9.72. The molecule has 0 spiro atoms. The topological polar surface area (TPSA) is 119 Å². The molecule has 5 aliphatic carbocycles. The van der Waals surface area contributed by atoms with Gasteiger partial charge in [-0.3, -0.25) is 14.4 Å². The highest BCUT2D eigenvalue weighted by atomic mass is 16.5. The van der Waals surface area contributed by atoms with Crippen molar-refractivity contribution < 1.29 is 33.8 Å². The van der Waals surface area contributed by atoms with E-state index in [0.717, 1.165) is 50.5 Å². The molecule has 254 valence electrons. The van der Waals surface area contributed by atoms with E-state index in [1.54, 1.807) is 0 Å². The molecule has 8 atom stereocenters. The molecule has 4 saturated carbocycles. The third kappa shape index (κ3) is 6.08. The standard InChI is InChI=1S/C36H57NO5.CH2O2/c1-21(2)29-24(38)19-36(37-31(40)41-10)18-13-23-22(30(29)36)11-12-26-34(23,8)16-14-25-33(6,7)27(15-17-35(25,26)9)42-28(39)20-32(3,4)5;2-1-3/h21-23,25-27H,11-20H2,1-10H3,(H,37,40);1H,(H,2,3). The summed E-state index contributed by atoms with van der Waals surface area (Å²) in [4.78, 5) is 47.3. The lowest BCUT2D eigenvalue weighted by Gasteiger charge is -2.68. The molecule has 0 bridgehead atoms. The molecule has 8 unspecified atom stereocenters. The predicted molar refractivity (Wildman–Crippen MR) is 173 cm³/mol. The van der Waals surface area contributed by atoms with Crippen LogP contribution in [0.1, 0.15) is 127 Å². The van der Waals surface area contributed by atoms with Gasteiger partial charge in [0, 0.05) is 11.8 Å². The second kappa shape index (κ2) is 12.3. The fourth-order valence-electron chi connectivity index (χ4n) is 11.5. The summed E-state index contributed by atoms with van der Waals surface area (Å²) >= 11 is 0. The lowest BCUT2D eigenvalue weighted by Crippen LogP contribution is -2.64. The molecule has 4 fully saturated rings. The molecule has 0 aromatic carbocycles. The van der Waals surface area contributed by atoms with Crippen LogP contribution in [-0.2, 0) is 23.9 Å². The Morgan fingerprint density at radius 3 is 2.18 bits per heavy atom. The largest absolute Gasteiger partial charge is 0.483 e. The molecule has 5 aliphatic rings. The van der Waals surface area contributed by atoms with Gasteiger partial charge in [0.15, 0.2) is 5.78 Å². The van der Waals surface area contributed by atoms with E-state index in [1.165, 1.54) is 19.1 Å². The number of esters is 1. The highest BCUT2D eigenvalue weighted by Gasteiger charge is 2.67. The molecule has 2 N–H and O–H groups in total. The van der Waals surface area contributed by atoms with Crippen molar-refractivity contribution in [3.8, 4) is 0 Å². The zero-order chi connectivity index (χ0) is 33.8. The number of Topliss-reactive ketones (excluding diaryl/α,β-unsaturated/α-hetero) is 1. The molecule has 0 saturated heterocycles. The summed E-state index contributed by atoms with van der Waals surface area (Å²) in [5, 5.41) is 10.1.